The van der Waals surface area contributed by atoms with E-state index in [-0.39, 0.29) is 29.6 Å². The highest BCUT2D eigenvalue weighted by Crippen LogP contribution is 2.46. The van der Waals surface area contributed by atoms with E-state index in [9.17, 15) is 24.2 Å². The highest BCUT2D eigenvalue weighted by atomic mass is 79.9. The zero-order valence-corrected chi connectivity index (χ0v) is 22.6. The van der Waals surface area contributed by atoms with E-state index in [2.05, 4.69) is 11.1 Å². The fourth-order valence-corrected chi connectivity index (χ4v) is 5.60. The van der Waals surface area contributed by atoms with Crippen LogP contribution >= 0.6 is 7.37 Å². The molecule has 0 fully saturated rings. The molecule has 3 aromatic rings. The normalized spacial score (nSPS) is 15.0. The van der Waals surface area contributed by atoms with E-state index in [0.29, 0.717) is 6.42 Å². The number of carbonyl (C=O) groups excluding carboxylic acids is 1. The number of aliphatic carboxylic acids is 1. The van der Waals surface area contributed by atoms with E-state index in [4.69, 9.17) is 0 Å². The zero-order valence-electron chi connectivity index (χ0n) is 20.1. The van der Waals surface area contributed by atoms with Gasteiger partial charge >= 0.3 is 5.97 Å². The molecule has 0 saturated carbocycles. The Kier molecular flexibility index (Phi) is 11.1. The van der Waals surface area contributed by atoms with Crippen LogP contribution in [0.4, 0.5) is 0 Å². The molecule has 6 N–H and O–H groups in total. The topological polar surface area (TPSA) is 131 Å². The van der Waals surface area contributed by atoms with Gasteiger partial charge in [-0.25, -0.2) is 0 Å². The summed E-state index contributed by atoms with van der Waals surface area (Å²) in [5.74, 6) is -3.41. The molecule has 0 radical (unpaired) electrons. The summed E-state index contributed by atoms with van der Waals surface area (Å²) in [7, 11) is -3.84. The minimum absolute atomic E-state index is 0. The molecule has 0 aromatic heterocycles. The van der Waals surface area contributed by atoms with Crippen molar-refractivity contribution in [2.45, 2.75) is 31.6 Å². The van der Waals surface area contributed by atoms with Crippen molar-refractivity contribution in [3.8, 4) is 11.1 Å². The van der Waals surface area contributed by atoms with Crippen molar-refractivity contribution >= 4 is 19.2 Å². The molecule has 0 aliphatic heterocycles. The highest BCUT2D eigenvalue weighted by molar-refractivity contribution is 7.58. The average molecular weight is 575 g/mol. The van der Waals surface area contributed by atoms with Gasteiger partial charge in [0.1, 0.15) is 6.04 Å². The minimum Gasteiger partial charge on any atom is -1.00 e. The number of nitrogens with one attached hydrogen (secondary N) is 1. The van der Waals surface area contributed by atoms with Gasteiger partial charge in [0.15, 0.2) is 5.78 Å². The lowest BCUT2D eigenvalue weighted by molar-refractivity contribution is -0.391. The highest BCUT2D eigenvalue weighted by Gasteiger charge is 2.37. The smallest absolute Gasteiger partial charge is 0.325 e. The molecule has 0 aliphatic carbocycles. The molecular formula is C27H32BrN2O5P. The molecule has 4 atom stereocenters. The SMILES string of the molecule is C[C@H](NC(=O)[C@H](Cc1ccc(-c2ccccc2)cc1)CP(=O)(O)[C@@H]([NH3+])Cc1ccccc1)C(=O)O.[Br-]. The van der Waals surface area contributed by atoms with Crippen molar-refractivity contribution in [2.75, 3.05) is 6.16 Å². The van der Waals surface area contributed by atoms with E-state index < -0.39 is 37.0 Å². The number of carboxylic acid groups (broad SMARTS) is 1. The van der Waals surface area contributed by atoms with E-state index in [1.165, 1.54) is 6.92 Å². The zero-order chi connectivity index (χ0) is 25.4. The molecule has 192 valence electrons. The molecule has 0 heterocycles. The van der Waals surface area contributed by atoms with Crippen LogP contribution in [0.25, 0.3) is 11.1 Å². The number of carboxylic acids is 1. The summed E-state index contributed by atoms with van der Waals surface area (Å²) in [4.78, 5) is 35.1. The molecule has 3 aromatic carbocycles. The van der Waals surface area contributed by atoms with Crippen LogP contribution in [0.2, 0.25) is 0 Å². The lowest BCUT2D eigenvalue weighted by Crippen LogP contribution is -3.00. The molecular weight excluding hydrogens is 543 g/mol. The van der Waals surface area contributed by atoms with Crippen LogP contribution in [-0.4, -0.2) is 39.9 Å². The fraction of sp³-hybridized carbons (Fsp3) is 0.259. The van der Waals surface area contributed by atoms with E-state index in [1.807, 2.05) is 84.9 Å². The number of halogens is 1. The fourth-order valence-electron chi connectivity index (χ4n) is 3.88. The van der Waals surface area contributed by atoms with Crippen LogP contribution in [0.1, 0.15) is 18.1 Å². The van der Waals surface area contributed by atoms with Crippen molar-refractivity contribution in [1.82, 2.24) is 5.32 Å². The van der Waals surface area contributed by atoms with Gasteiger partial charge in [0.25, 0.3) is 7.37 Å². The Hall–Kier alpha value is -2.77. The molecule has 36 heavy (non-hydrogen) atoms. The first-order valence-corrected chi connectivity index (χ1v) is 13.4. The molecule has 0 aliphatic rings. The third kappa shape index (κ3) is 8.42. The number of carbonyl (C=O) groups is 2. The van der Waals surface area contributed by atoms with Crippen molar-refractivity contribution in [1.29, 1.82) is 0 Å². The summed E-state index contributed by atoms with van der Waals surface area (Å²) in [5, 5.41) is 11.7. The Bertz CT molecular complexity index is 1180. The monoisotopic (exact) mass is 574 g/mol. The van der Waals surface area contributed by atoms with E-state index in [0.717, 1.165) is 22.3 Å². The molecule has 0 spiro atoms. The van der Waals surface area contributed by atoms with Crippen LogP contribution in [0.3, 0.4) is 0 Å². The first-order valence-electron chi connectivity index (χ1n) is 11.5. The van der Waals surface area contributed by atoms with Crippen LogP contribution in [0, 0.1) is 5.92 Å². The number of amides is 1. The lowest BCUT2D eigenvalue weighted by atomic mass is 9.97. The second-order valence-corrected chi connectivity index (χ2v) is 11.4. The largest absolute Gasteiger partial charge is 1.00 e. The second kappa shape index (κ2) is 13.5. The van der Waals surface area contributed by atoms with E-state index in [1.54, 1.807) is 0 Å². The molecule has 0 saturated heterocycles. The number of hydrogen-bond acceptors (Lipinski definition) is 3. The Labute approximate surface area is 222 Å². The summed E-state index contributed by atoms with van der Waals surface area (Å²) >= 11 is 0. The van der Waals surface area contributed by atoms with Gasteiger partial charge < -0.3 is 38.0 Å². The second-order valence-electron chi connectivity index (χ2n) is 8.81. The Morgan fingerprint density at radius 1 is 0.861 bits per heavy atom. The average Bonchev–Trinajstić information content (AvgIpc) is 2.85. The third-order valence-corrected chi connectivity index (χ3v) is 8.30. The maximum atomic E-state index is 13.3. The summed E-state index contributed by atoms with van der Waals surface area (Å²) in [6.45, 7) is 1.37. The molecule has 0 bridgehead atoms. The summed E-state index contributed by atoms with van der Waals surface area (Å²) in [6.07, 6.45) is 0.225. The number of rotatable bonds is 11. The van der Waals surface area contributed by atoms with Gasteiger partial charge in [-0.2, -0.15) is 0 Å². The van der Waals surface area contributed by atoms with Gasteiger partial charge in [-0.05, 0) is 35.6 Å². The van der Waals surface area contributed by atoms with Gasteiger partial charge in [-0.1, -0.05) is 84.9 Å². The Balaban J connectivity index is 0.00000456. The Morgan fingerprint density at radius 2 is 1.36 bits per heavy atom. The van der Waals surface area contributed by atoms with Crippen molar-refractivity contribution in [3.05, 3.63) is 96.1 Å². The van der Waals surface area contributed by atoms with Gasteiger partial charge in [0, 0.05) is 12.6 Å². The van der Waals surface area contributed by atoms with E-state index >= 15 is 0 Å². The molecule has 1 amide bonds. The van der Waals surface area contributed by atoms with Gasteiger partial charge in [0.05, 0.1) is 5.92 Å². The quantitative estimate of drug-likeness (QED) is 0.243. The molecule has 7 nitrogen and oxygen atoms in total. The van der Waals surface area contributed by atoms with Crippen molar-refractivity contribution in [2.24, 2.45) is 5.92 Å². The number of benzene rings is 3. The summed E-state index contributed by atoms with van der Waals surface area (Å²) in [5.41, 5.74) is 7.70. The predicted octanol–water partition coefficient (Wildman–Crippen LogP) is 0.187. The van der Waals surface area contributed by atoms with Gasteiger partial charge in [0.2, 0.25) is 5.91 Å². The minimum atomic E-state index is -3.84. The van der Waals surface area contributed by atoms with Crippen LogP contribution < -0.4 is 28.0 Å². The van der Waals surface area contributed by atoms with Gasteiger partial charge in [-0.15, -0.1) is 0 Å². The van der Waals surface area contributed by atoms with Crippen LogP contribution in [-0.2, 0) is 27.0 Å². The number of quaternary nitrogens is 1. The Morgan fingerprint density at radius 3 is 1.92 bits per heavy atom. The first-order chi connectivity index (χ1) is 16.7. The first kappa shape index (κ1) is 29.5. The molecule has 1 unspecified atom stereocenters. The predicted molar refractivity (Wildman–Crippen MR) is 136 cm³/mol. The summed E-state index contributed by atoms with van der Waals surface area (Å²) in [6, 6.07) is 25.7. The third-order valence-electron chi connectivity index (χ3n) is 6.01. The molecule has 9 heteroatoms. The standard InChI is InChI=1S/C27H31N2O5P.BrH/c1-19(27(31)32)29-26(30)24(18-35(33,34)25(28)17-20-8-4-2-5-9-20)16-21-12-14-23(15-13-21)22-10-6-3-7-11-22;/h2-15,19,24-25H,16-18,28H2,1H3,(H,29,30)(H,31,32)(H,33,34);1H/t19-,24+,25+;/m0./s1. The van der Waals surface area contributed by atoms with Crippen LogP contribution in [0.5, 0.6) is 0 Å². The van der Waals surface area contributed by atoms with Gasteiger partial charge in [-0.3, -0.25) is 14.2 Å². The lowest BCUT2D eigenvalue weighted by Gasteiger charge is -2.23. The number of hydrogen-bond donors (Lipinski definition) is 4. The maximum Gasteiger partial charge on any atom is 0.325 e. The van der Waals surface area contributed by atoms with Crippen molar-refractivity contribution in [3.63, 3.8) is 0 Å². The van der Waals surface area contributed by atoms with Crippen LogP contribution in [0.15, 0.2) is 84.9 Å². The maximum absolute atomic E-state index is 13.3. The molecule has 3 rings (SSSR count). The summed E-state index contributed by atoms with van der Waals surface area (Å²) < 4.78 is 13.3. The van der Waals surface area contributed by atoms with Crippen molar-refractivity contribution < 1.29 is 46.9 Å².